The second kappa shape index (κ2) is 5.69. The van der Waals surface area contributed by atoms with Crippen molar-refractivity contribution in [2.45, 2.75) is 6.92 Å². The van der Waals surface area contributed by atoms with Crippen molar-refractivity contribution in [3.05, 3.63) is 24.3 Å². The number of oxime groups is 1. The molecule has 0 atom stereocenters. The van der Waals surface area contributed by atoms with Crippen LogP contribution >= 0.6 is 0 Å². The Labute approximate surface area is 82.1 Å². The van der Waals surface area contributed by atoms with Crippen molar-refractivity contribution in [1.82, 2.24) is 9.97 Å². The maximum absolute atomic E-state index is 4.93. The quantitative estimate of drug-likeness (QED) is 0.413. The number of nitrogens with zero attached hydrogens (tertiary/aromatic N) is 3. The van der Waals surface area contributed by atoms with Crippen LogP contribution in [0.2, 0.25) is 0 Å². The zero-order chi connectivity index (χ0) is 10.2. The fraction of sp³-hybridized carbons (Fsp3) is 0.222. The molecule has 1 aromatic heterocycles. The van der Waals surface area contributed by atoms with E-state index in [1.54, 1.807) is 32.4 Å². The molecule has 0 unspecified atom stereocenters. The molecule has 5 nitrogen and oxygen atoms in total. The average Bonchev–Trinajstić information content (AvgIpc) is 2.25. The van der Waals surface area contributed by atoms with Gasteiger partial charge < -0.3 is 9.57 Å². The first-order chi connectivity index (χ1) is 6.86. The molecule has 0 saturated carbocycles. The van der Waals surface area contributed by atoms with Gasteiger partial charge in [0.1, 0.15) is 12.6 Å². The standard InChI is InChI=1S/C9H11N3O2/c1-3-12-14-5-4-8-6-9(13-2)11-7-10-8/h3-7H,1-2H3/b5-4+,12-3+. The van der Waals surface area contributed by atoms with Crippen molar-refractivity contribution in [3.8, 4) is 5.88 Å². The van der Waals surface area contributed by atoms with E-state index in [9.17, 15) is 0 Å². The topological polar surface area (TPSA) is 56.6 Å². The van der Waals surface area contributed by atoms with Crippen molar-refractivity contribution in [2.75, 3.05) is 7.11 Å². The smallest absolute Gasteiger partial charge is 0.216 e. The highest BCUT2D eigenvalue weighted by Crippen LogP contribution is 2.06. The Morgan fingerprint density at radius 2 is 2.29 bits per heavy atom. The molecule has 5 heteroatoms. The summed E-state index contributed by atoms with van der Waals surface area (Å²) in [7, 11) is 1.55. The van der Waals surface area contributed by atoms with Crippen LogP contribution < -0.4 is 4.74 Å². The van der Waals surface area contributed by atoms with E-state index in [1.165, 1.54) is 12.6 Å². The second-order valence-electron chi connectivity index (χ2n) is 2.26. The SMILES string of the molecule is C/C=N/O/C=C/c1cc(OC)ncn1. The molecule has 0 spiro atoms. The molecule has 0 aliphatic heterocycles. The first kappa shape index (κ1) is 10.2. The molecule has 0 saturated heterocycles. The van der Waals surface area contributed by atoms with Crippen LogP contribution in [0.1, 0.15) is 12.6 Å². The van der Waals surface area contributed by atoms with E-state index in [0.717, 1.165) is 0 Å². The van der Waals surface area contributed by atoms with Gasteiger partial charge in [-0.15, -0.1) is 0 Å². The van der Waals surface area contributed by atoms with E-state index in [4.69, 9.17) is 9.57 Å². The fourth-order valence-corrected chi connectivity index (χ4v) is 0.752. The number of rotatable bonds is 4. The molecule has 1 aromatic rings. The van der Waals surface area contributed by atoms with Crippen LogP contribution in [-0.4, -0.2) is 23.3 Å². The van der Waals surface area contributed by atoms with Crippen LogP contribution in [0.15, 0.2) is 23.8 Å². The van der Waals surface area contributed by atoms with Crippen LogP contribution in [0.3, 0.4) is 0 Å². The third-order valence-electron chi connectivity index (χ3n) is 1.34. The van der Waals surface area contributed by atoms with E-state index in [0.29, 0.717) is 11.6 Å². The molecule has 1 rings (SSSR count). The minimum atomic E-state index is 0.513. The Hall–Kier alpha value is -1.91. The lowest BCUT2D eigenvalue weighted by molar-refractivity contribution is 0.273. The Morgan fingerprint density at radius 3 is 3.00 bits per heavy atom. The molecular weight excluding hydrogens is 182 g/mol. The molecule has 0 amide bonds. The van der Waals surface area contributed by atoms with E-state index < -0.39 is 0 Å². The van der Waals surface area contributed by atoms with Gasteiger partial charge in [0, 0.05) is 18.4 Å². The first-order valence-electron chi connectivity index (χ1n) is 4.03. The molecule has 74 valence electrons. The van der Waals surface area contributed by atoms with E-state index in [2.05, 4.69) is 15.1 Å². The van der Waals surface area contributed by atoms with Crippen molar-refractivity contribution < 1.29 is 9.57 Å². The fourth-order valence-electron chi connectivity index (χ4n) is 0.752. The number of ether oxygens (including phenoxy) is 1. The number of hydrogen-bond donors (Lipinski definition) is 0. The highest BCUT2D eigenvalue weighted by Gasteiger charge is 1.93. The summed E-state index contributed by atoms with van der Waals surface area (Å²) < 4.78 is 4.93. The lowest BCUT2D eigenvalue weighted by atomic mass is 10.4. The Balaban J connectivity index is 2.62. The second-order valence-corrected chi connectivity index (χ2v) is 2.26. The molecule has 0 aliphatic carbocycles. The summed E-state index contributed by atoms with van der Waals surface area (Å²) >= 11 is 0. The lowest BCUT2D eigenvalue weighted by Crippen LogP contribution is -1.89. The monoisotopic (exact) mass is 193 g/mol. The molecule has 14 heavy (non-hydrogen) atoms. The van der Waals surface area contributed by atoms with Crippen LogP contribution in [-0.2, 0) is 4.84 Å². The molecule has 0 bridgehead atoms. The molecule has 0 fully saturated rings. The predicted molar refractivity (Wildman–Crippen MR) is 52.9 cm³/mol. The number of aromatic nitrogens is 2. The summed E-state index contributed by atoms with van der Waals surface area (Å²) in [4.78, 5) is 12.6. The first-order valence-corrected chi connectivity index (χ1v) is 4.03. The average molecular weight is 193 g/mol. The van der Waals surface area contributed by atoms with E-state index >= 15 is 0 Å². The summed E-state index contributed by atoms with van der Waals surface area (Å²) in [6.45, 7) is 1.77. The highest BCUT2D eigenvalue weighted by molar-refractivity contribution is 5.52. The Kier molecular flexibility index (Phi) is 4.13. The van der Waals surface area contributed by atoms with Crippen molar-refractivity contribution in [1.29, 1.82) is 0 Å². The molecule has 0 N–H and O–H groups in total. The minimum Gasteiger partial charge on any atom is -0.481 e. The van der Waals surface area contributed by atoms with Crippen molar-refractivity contribution in [2.24, 2.45) is 5.16 Å². The van der Waals surface area contributed by atoms with Gasteiger partial charge in [-0.2, -0.15) is 0 Å². The van der Waals surface area contributed by atoms with Gasteiger partial charge in [-0.25, -0.2) is 9.97 Å². The maximum atomic E-state index is 4.93. The third kappa shape index (κ3) is 3.22. The normalized spacial score (nSPS) is 11.0. The summed E-state index contributed by atoms with van der Waals surface area (Å²) in [5.74, 6) is 0.513. The van der Waals surface area contributed by atoms with Crippen LogP contribution in [0, 0.1) is 0 Å². The number of hydrogen-bond acceptors (Lipinski definition) is 5. The van der Waals surface area contributed by atoms with Crippen LogP contribution in [0.25, 0.3) is 6.08 Å². The van der Waals surface area contributed by atoms with Gasteiger partial charge in [0.15, 0.2) is 0 Å². The van der Waals surface area contributed by atoms with E-state index in [1.807, 2.05) is 0 Å². The van der Waals surface area contributed by atoms with Crippen LogP contribution in [0.4, 0.5) is 0 Å². The Bertz CT molecular complexity index is 337. The van der Waals surface area contributed by atoms with E-state index in [-0.39, 0.29) is 0 Å². The minimum absolute atomic E-state index is 0.513. The zero-order valence-electron chi connectivity index (χ0n) is 8.04. The van der Waals surface area contributed by atoms with Gasteiger partial charge in [-0.3, -0.25) is 0 Å². The predicted octanol–water partition coefficient (Wildman–Crippen LogP) is 1.48. The van der Waals surface area contributed by atoms with Gasteiger partial charge in [0.2, 0.25) is 5.88 Å². The maximum Gasteiger partial charge on any atom is 0.216 e. The van der Waals surface area contributed by atoms with Gasteiger partial charge in [-0.05, 0) is 6.92 Å². The summed E-state index contributed by atoms with van der Waals surface area (Å²) in [5.41, 5.74) is 0.697. The van der Waals surface area contributed by atoms with Crippen molar-refractivity contribution >= 4 is 12.3 Å². The summed E-state index contributed by atoms with van der Waals surface area (Å²) in [6, 6.07) is 1.69. The van der Waals surface area contributed by atoms with Gasteiger partial charge >= 0.3 is 0 Å². The van der Waals surface area contributed by atoms with Crippen molar-refractivity contribution in [3.63, 3.8) is 0 Å². The lowest BCUT2D eigenvalue weighted by Gasteiger charge is -1.97. The molecule has 0 aromatic carbocycles. The van der Waals surface area contributed by atoms with Crippen LogP contribution in [0.5, 0.6) is 5.88 Å². The highest BCUT2D eigenvalue weighted by atomic mass is 16.6. The van der Waals surface area contributed by atoms with Gasteiger partial charge in [0.05, 0.1) is 12.8 Å². The zero-order valence-corrected chi connectivity index (χ0v) is 8.04. The van der Waals surface area contributed by atoms with Gasteiger partial charge in [0.25, 0.3) is 0 Å². The molecule has 0 radical (unpaired) electrons. The third-order valence-corrected chi connectivity index (χ3v) is 1.34. The molecule has 1 heterocycles. The van der Waals surface area contributed by atoms with Gasteiger partial charge in [-0.1, -0.05) is 5.16 Å². The summed E-state index contributed by atoms with van der Waals surface area (Å²) in [6.07, 6.45) is 6.06. The largest absolute Gasteiger partial charge is 0.481 e. The summed E-state index contributed by atoms with van der Waals surface area (Å²) in [5, 5.41) is 3.54. The Morgan fingerprint density at radius 1 is 1.43 bits per heavy atom. The molecular formula is C9H11N3O2. The number of methoxy groups -OCH3 is 1. The molecule has 0 aliphatic rings.